The topological polar surface area (TPSA) is 66.6 Å². The van der Waals surface area contributed by atoms with Crippen LogP contribution < -0.4 is 5.73 Å². The predicted octanol–water partition coefficient (Wildman–Crippen LogP) is 2.14. The van der Waals surface area contributed by atoms with Gasteiger partial charge in [-0.15, -0.1) is 0 Å². The highest BCUT2D eigenvalue weighted by Gasteiger charge is 2.30. The molecular weight excluding hydrogens is 333 g/mol. The zero-order chi connectivity index (χ0) is 17.9. The lowest BCUT2D eigenvalue weighted by Crippen LogP contribution is -2.55. The van der Waals surface area contributed by atoms with Gasteiger partial charge in [-0.2, -0.15) is 0 Å². The number of hydrogen-bond donors (Lipinski definition) is 1. The van der Waals surface area contributed by atoms with Gasteiger partial charge in [0.2, 0.25) is 5.91 Å². The number of carbonyl (C=O) groups is 2. The number of rotatable bonds is 4. The molecule has 1 heterocycles. The minimum Gasteiger partial charge on any atom is -0.338 e. The molecule has 24 heavy (non-hydrogen) atoms. The van der Waals surface area contributed by atoms with Crippen LogP contribution in [0.25, 0.3) is 0 Å². The quantitative estimate of drug-likeness (QED) is 0.899. The molecule has 2 N–H and O–H groups in total. The van der Waals surface area contributed by atoms with E-state index >= 15 is 0 Å². The molecule has 5 nitrogen and oxygen atoms in total. The van der Waals surface area contributed by atoms with Gasteiger partial charge in [-0.25, -0.2) is 4.39 Å². The number of halogens is 2. The first-order valence-corrected chi connectivity index (χ1v) is 8.52. The van der Waals surface area contributed by atoms with Crippen molar-refractivity contribution in [2.45, 2.75) is 26.3 Å². The maximum Gasteiger partial charge on any atom is 0.258 e. The van der Waals surface area contributed by atoms with Gasteiger partial charge >= 0.3 is 0 Å². The standard InChI is InChI=1S/C17H23ClFN3O2/c1-3-11(2)15(20)17(24)22-9-7-21(8-10-22)16(23)14-12(18)5-4-6-13(14)19/h4-6,11,15H,3,7-10,20H2,1-2H3. The lowest BCUT2D eigenvalue weighted by molar-refractivity contribution is -0.135. The molecule has 2 unspecified atom stereocenters. The van der Waals surface area contributed by atoms with E-state index in [4.69, 9.17) is 17.3 Å². The van der Waals surface area contributed by atoms with Crippen molar-refractivity contribution < 1.29 is 14.0 Å². The monoisotopic (exact) mass is 355 g/mol. The molecule has 0 saturated carbocycles. The molecule has 0 bridgehead atoms. The number of benzene rings is 1. The molecule has 2 atom stereocenters. The Morgan fingerprint density at radius 2 is 1.83 bits per heavy atom. The van der Waals surface area contributed by atoms with Crippen LogP contribution in [0.5, 0.6) is 0 Å². The molecule has 132 valence electrons. The van der Waals surface area contributed by atoms with Crippen molar-refractivity contribution in [3.63, 3.8) is 0 Å². The van der Waals surface area contributed by atoms with Gasteiger partial charge in [-0.3, -0.25) is 9.59 Å². The Hall–Kier alpha value is -1.66. The van der Waals surface area contributed by atoms with Crippen LogP contribution >= 0.6 is 11.6 Å². The second-order valence-electron chi connectivity index (χ2n) is 6.13. The smallest absolute Gasteiger partial charge is 0.258 e. The SMILES string of the molecule is CCC(C)C(N)C(=O)N1CCN(C(=O)c2c(F)cccc2Cl)CC1. The van der Waals surface area contributed by atoms with Crippen molar-refractivity contribution in [3.8, 4) is 0 Å². The first-order valence-electron chi connectivity index (χ1n) is 8.14. The Kier molecular flexibility index (Phi) is 6.18. The summed E-state index contributed by atoms with van der Waals surface area (Å²) in [7, 11) is 0. The third-order valence-electron chi connectivity index (χ3n) is 4.60. The number of hydrogen-bond acceptors (Lipinski definition) is 3. The van der Waals surface area contributed by atoms with Crippen LogP contribution in [-0.2, 0) is 4.79 Å². The highest BCUT2D eigenvalue weighted by atomic mass is 35.5. The maximum atomic E-state index is 13.9. The lowest BCUT2D eigenvalue weighted by atomic mass is 9.98. The minimum atomic E-state index is -0.634. The van der Waals surface area contributed by atoms with Crippen LogP contribution in [0, 0.1) is 11.7 Å². The fourth-order valence-electron chi connectivity index (χ4n) is 2.70. The van der Waals surface area contributed by atoms with Gasteiger partial charge in [0, 0.05) is 26.2 Å². The molecule has 2 amide bonds. The van der Waals surface area contributed by atoms with Crippen molar-refractivity contribution in [2.24, 2.45) is 11.7 Å². The number of nitrogens with zero attached hydrogens (tertiary/aromatic N) is 2. The molecule has 1 aliphatic heterocycles. The molecule has 1 aromatic carbocycles. The van der Waals surface area contributed by atoms with Crippen LogP contribution in [-0.4, -0.2) is 53.8 Å². The molecular formula is C17H23ClFN3O2. The first kappa shape index (κ1) is 18.7. The van der Waals surface area contributed by atoms with E-state index in [0.29, 0.717) is 26.2 Å². The zero-order valence-corrected chi connectivity index (χ0v) is 14.7. The number of nitrogens with two attached hydrogens (primary N) is 1. The summed E-state index contributed by atoms with van der Waals surface area (Å²) in [5.41, 5.74) is 5.87. The third-order valence-corrected chi connectivity index (χ3v) is 4.91. The van der Waals surface area contributed by atoms with E-state index < -0.39 is 17.8 Å². The molecule has 2 rings (SSSR count). The first-order chi connectivity index (χ1) is 11.4. The fourth-order valence-corrected chi connectivity index (χ4v) is 2.94. The Bertz CT molecular complexity index is 598. The second kappa shape index (κ2) is 7.94. The van der Waals surface area contributed by atoms with Gasteiger partial charge in [0.25, 0.3) is 5.91 Å². The molecule has 1 saturated heterocycles. The van der Waals surface area contributed by atoms with Crippen molar-refractivity contribution in [1.29, 1.82) is 0 Å². The van der Waals surface area contributed by atoms with E-state index in [1.54, 1.807) is 4.90 Å². The van der Waals surface area contributed by atoms with E-state index in [9.17, 15) is 14.0 Å². The zero-order valence-electron chi connectivity index (χ0n) is 14.0. The second-order valence-corrected chi connectivity index (χ2v) is 6.53. The molecule has 0 aliphatic carbocycles. The largest absolute Gasteiger partial charge is 0.338 e. The summed E-state index contributed by atoms with van der Waals surface area (Å²) >= 11 is 5.95. The predicted molar refractivity (Wildman–Crippen MR) is 91.3 cm³/mol. The van der Waals surface area contributed by atoms with Crippen molar-refractivity contribution in [1.82, 2.24) is 9.80 Å². The van der Waals surface area contributed by atoms with E-state index in [1.807, 2.05) is 13.8 Å². The van der Waals surface area contributed by atoms with E-state index in [0.717, 1.165) is 6.42 Å². The minimum absolute atomic E-state index is 0.0947. The molecule has 7 heteroatoms. The Morgan fingerprint density at radius 3 is 2.38 bits per heavy atom. The molecule has 1 aliphatic rings. The van der Waals surface area contributed by atoms with Crippen LogP contribution in [0.4, 0.5) is 4.39 Å². The van der Waals surface area contributed by atoms with Crippen LogP contribution in [0.3, 0.4) is 0 Å². The molecule has 0 aromatic heterocycles. The normalized spacial score (nSPS) is 17.5. The number of carbonyl (C=O) groups excluding carboxylic acids is 2. The van der Waals surface area contributed by atoms with Gasteiger partial charge in [0.05, 0.1) is 16.6 Å². The average Bonchev–Trinajstić information content (AvgIpc) is 2.59. The molecule has 0 radical (unpaired) electrons. The summed E-state index contributed by atoms with van der Waals surface area (Å²) in [6.07, 6.45) is 0.830. The summed E-state index contributed by atoms with van der Waals surface area (Å²) in [6.45, 7) is 5.39. The summed E-state index contributed by atoms with van der Waals surface area (Å²) in [5.74, 6) is -1.07. The van der Waals surface area contributed by atoms with Crippen molar-refractivity contribution in [3.05, 3.63) is 34.6 Å². The van der Waals surface area contributed by atoms with Crippen molar-refractivity contribution >= 4 is 23.4 Å². The van der Waals surface area contributed by atoms with E-state index in [1.165, 1.54) is 23.1 Å². The molecule has 1 fully saturated rings. The number of piperazine rings is 1. The summed E-state index contributed by atoms with van der Waals surface area (Å²) in [4.78, 5) is 28.0. The van der Waals surface area contributed by atoms with Gasteiger partial charge < -0.3 is 15.5 Å². The van der Waals surface area contributed by atoms with Gasteiger partial charge in [-0.05, 0) is 18.1 Å². The van der Waals surface area contributed by atoms with E-state index in [2.05, 4.69) is 0 Å². The van der Waals surface area contributed by atoms with Gasteiger partial charge in [0.1, 0.15) is 5.82 Å². The Labute approximate surface area is 146 Å². The maximum absolute atomic E-state index is 13.9. The van der Waals surface area contributed by atoms with Gasteiger partial charge in [0.15, 0.2) is 0 Å². The average molecular weight is 356 g/mol. The fraction of sp³-hybridized carbons (Fsp3) is 0.529. The van der Waals surface area contributed by atoms with Crippen molar-refractivity contribution in [2.75, 3.05) is 26.2 Å². The summed E-state index contributed by atoms with van der Waals surface area (Å²) in [6, 6.07) is 3.63. The van der Waals surface area contributed by atoms with Crippen LogP contribution in [0.1, 0.15) is 30.6 Å². The summed E-state index contributed by atoms with van der Waals surface area (Å²) in [5, 5.41) is 0.0947. The Balaban J connectivity index is 2.00. The van der Waals surface area contributed by atoms with Crippen LogP contribution in [0.2, 0.25) is 5.02 Å². The molecule has 1 aromatic rings. The summed E-state index contributed by atoms with van der Waals surface area (Å²) < 4.78 is 13.9. The Morgan fingerprint density at radius 1 is 1.25 bits per heavy atom. The third kappa shape index (κ3) is 3.87. The molecule has 0 spiro atoms. The van der Waals surface area contributed by atoms with E-state index in [-0.39, 0.29) is 22.4 Å². The highest BCUT2D eigenvalue weighted by molar-refractivity contribution is 6.33. The van der Waals surface area contributed by atoms with Crippen LogP contribution in [0.15, 0.2) is 18.2 Å². The van der Waals surface area contributed by atoms with Gasteiger partial charge in [-0.1, -0.05) is 37.9 Å². The lowest BCUT2D eigenvalue weighted by Gasteiger charge is -2.36. The highest BCUT2D eigenvalue weighted by Crippen LogP contribution is 2.21. The number of amides is 2.